The number of aromatic amines is 1. The molecule has 0 saturated heterocycles. The van der Waals surface area contributed by atoms with E-state index in [-0.39, 0.29) is 29.1 Å². The number of H-pyrrole nitrogens is 1. The molecule has 9 nitrogen and oxygen atoms in total. The van der Waals surface area contributed by atoms with Crippen LogP contribution in [0.2, 0.25) is 0 Å². The Labute approximate surface area is 170 Å². The Morgan fingerprint density at radius 1 is 1.13 bits per heavy atom. The number of nitrogens with one attached hydrogen (secondary N) is 1. The monoisotopic (exact) mass is 405 g/mol. The standard InChI is InChI=1S/C21H19N5O4/c1-13(2)26-18(22-12-23-26)11-30-20(28)14-8-9-16-17(10-14)24-21(29)25(19(16)27)15-6-4-3-5-7-15/h3-10,12-13H,11H2,1-2H3,(H,24,29). The predicted molar refractivity (Wildman–Crippen MR) is 110 cm³/mol. The van der Waals surface area contributed by atoms with E-state index in [1.165, 1.54) is 24.5 Å². The molecule has 152 valence electrons. The summed E-state index contributed by atoms with van der Waals surface area (Å²) in [4.78, 5) is 44.5. The highest BCUT2D eigenvalue weighted by molar-refractivity contribution is 5.94. The van der Waals surface area contributed by atoms with Gasteiger partial charge in [-0.2, -0.15) is 5.10 Å². The second-order valence-electron chi connectivity index (χ2n) is 6.96. The van der Waals surface area contributed by atoms with Gasteiger partial charge in [-0.3, -0.25) is 4.79 Å². The van der Waals surface area contributed by atoms with Crippen LogP contribution in [0, 0.1) is 0 Å². The highest BCUT2D eigenvalue weighted by Crippen LogP contribution is 2.13. The molecular weight excluding hydrogens is 386 g/mol. The maximum absolute atomic E-state index is 12.8. The molecule has 0 amide bonds. The summed E-state index contributed by atoms with van der Waals surface area (Å²) in [5.74, 6) is -0.0680. The molecule has 0 fully saturated rings. The molecule has 0 aliphatic rings. The fourth-order valence-corrected chi connectivity index (χ4v) is 3.18. The number of nitrogens with zero attached hydrogens (tertiary/aromatic N) is 4. The molecule has 2 heterocycles. The Balaban J connectivity index is 1.64. The molecule has 0 radical (unpaired) electrons. The lowest BCUT2D eigenvalue weighted by atomic mass is 10.1. The van der Waals surface area contributed by atoms with Gasteiger partial charge >= 0.3 is 11.7 Å². The smallest absolute Gasteiger partial charge is 0.338 e. The normalized spacial score (nSPS) is 11.2. The Kier molecular flexibility index (Phi) is 5.01. The molecule has 0 saturated carbocycles. The third-order valence-corrected chi connectivity index (χ3v) is 4.62. The topological polar surface area (TPSA) is 112 Å². The lowest BCUT2D eigenvalue weighted by molar-refractivity contribution is 0.0455. The average molecular weight is 405 g/mol. The SMILES string of the molecule is CC(C)n1ncnc1COC(=O)c1ccc2c(=O)n(-c3ccccc3)c(=O)[nH]c2c1. The largest absolute Gasteiger partial charge is 0.454 e. The van der Waals surface area contributed by atoms with E-state index in [0.29, 0.717) is 11.5 Å². The van der Waals surface area contributed by atoms with Gasteiger partial charge in [0.15, 0.2) is 12.4 Å². The molecule has 2 aromatic heterocycles. The number of esters is 1. The number of para-hydroxylation sites is 1. The van der Waals surface area contributed by atoms with E-state index in [4.69, 9.17) is 4.74 Å². The molecule has 0 atom stereocenters. The van der Waals surface area contributed by atoms with Crippen molar-refractivity contribution in [1.82, 2.24) is 24.3 Å². The summed E-state index contributed by atoms with van der Waals surface area (Å²) >= 11 is 0. The number of fused-ring (bicyclic) bond motifs is 1. The van der Waals surface area contributed by atoms with Gasteiger partial charge in [-0.25, -0.2) is 23.8 Å². The summed E-state index contributed by atoms with van der Waals surface area (Å²) in [5.41, 5.74) is -0.120. The van der Waals surface area contributed by atoms with Crippen LogP contribution in [0.25, 0.3) is 16.6 Å². The van der Waals surface area contributed by atoms with Gasteiger partial charge in [0.05, 0.1) is 22.2 Å². The van der Waals surface area contributed by atoms with Gasteiger partial charge in [0.25, 0.3) is 5.56 Å². The van der Waals surface area contributed by atoms with Crippen LogP contribution in [0.15, 0.2) is 64.4 Å². The first-order chi connectivity index (χ1) is 14.5. The zero-order chi connectivity index (χ0) is 21.3. The van der Waals surface area contributed by atoms with E-state index in [1.54, 1.807) is 35.0 Å². The number of hydrogen-bond acceptors (Lipinski definition) is 6. The minimum absolute atomic E-state index is 0.0405. The van der Waals surface area contributed by atoms with Crippen molar-refractivity contribution in [2.75, 3.05) is 0 Å². The maximum Gasteiger partial charge on any atom is 0.338 e. The third-order valence-electron chi connectivity index (χ3n) is 4.62. The van der Waals surface area contributed by atoms with Gasteiger partial charge in [0.1, 0.15) is 6.33 Å². The zero-order valence-corrected chi connectivity index (χ0v) is 16.4. The minimum Gasteiger partial charge on any atom is -0.454 e. The van der Waals surface area contributed by atoms with Crippen molar-refractivity contribution in [2.45, 2.75) is 26.5 Å². The number of aromatic nitrogens is 5. The Bertz CT molecular complexity index is 1340. The second kappa shape index (κ2) is 7.78. The fourth-order valence-electron chi connectivity index (χ4n) is 3.18. The maximum atomic E-state index is 12.8. The zero-order valence-electron chi connectivity index (χ0n) is 16.4. The molecule has 9 heteroatoms. The van der Waals surface area contributed by atoms with Gasteiger partial charge in [0, 0.05) is 6.04 Å². The Morgan fingerprint density at radius 2 is 1.90 bits per heavy atom. The number of ether oxygens (including phenoxy) is 1. The summed E-state index contributed by atoms with van der Waals surface area (Å²) in [6.45, 7) is 3.85. The minimum atomic E-state index is -0.594. The summed E-state index contributed by atoms with van der Waals surface area (Å²) in [7, 11) is 0. The summed E-state index contributed by atoms with van der Waals surface area (Å²) in [5, 5.41) is 4.38. The fraction of sp³-hybridized carbons (Fsp3) is 0.190. The molecule has 0 aliphatic heterocycles. The number of carbonyl (C=O) groups excluding carboxylic acids is 1. The van der Waals surface area contributed by atoms with Crippen LogP contribution in [0.1, 0.15) is 36.1 Å². The Hall–Kier alpha value is -4.01. The molecule has 0 unspecified atom stereocenters. The van der Waals surface area contributed by atoms with E-state index >= 15 is 0 Å². The quantitative estimate of drug-likeness (QED) is 0.510. The van der Waals surface area contributed by atoms with Crippen molar-refractivity contribution in [2.24, 2.45) is 0 Å². The average Bonchev–Trinajstić information content (AvgIpc) is 3.21. The van der Waals surface area contributed by atoms with E-state index < -0.39 is 17.2 Å². The third kappa shape index (κ3) is 3.52. The molecule has 1 N–H and O–H groups in total. The summed E-state index contributed by atoms with van der Waals surface area (Å²) in [6.07, 6.45) is 1.40. The lowest BCUT2D eigenvalue weighted by Crippen LogP contribution is -2.33. The van der Waals surface area contributed by atoms with Crippen molar-refractivity contribution in [3.63, 3.8) is 0 Å². The number of hydrogen-bond donors (Lipinski definition) is 1. The van der Waals surface area contributed by atoms with Crippen molar-refractivity contribution >= 4 is 16.9 Å². The van der Waals surface area contributed by atoms with Crippen LogP contribution in [-0.2, 0) is 11.3 Å². The molecule has 30 heavy (non-hydrogen) atoms. The predicted octanol–water partition coefficient (Wildman–Crippen LogP) is 2.21. The van der Waals surface area contributed by atoms with Crippen LogP contribution >= 0.6 is 0 Å². The van der Waals surface area contributed by atoms with Gasteiger partial charge < -0.3 is 9.72 Å². The number of benzene rings is 2. The summed E-state index contributed by atoms with van der Waals surface area (Å²) < 4.78 is 8.05. The first-order valence-electron chi connectivity index (χ1n) is 9.35. The molecule has 0 spiro atoms. The second-order valence-corrected chi connectivity index (χ2v) is 6.96. The van der Waals surface area contributed by atoms with Gasteiger partial charge in [-0.05, 0) is 44.2 Å². The van der Waals surface area contributed by atoms with Gasteiger partial charge in [0.2, 0.25) is 0 Å². The first kappa shape index (κ1) is 19.3. The molecular formula is C21H19N5O4. The highest BCUT2D eigenvalue weighted by Gasteiger charge is 2.15. The van der Waals surface area contributed by atoms with Crippen molar-refractivity contribution in [3.8, 4) is 5.69 Å². The van der Waals surface area contributed by atoms with Crippen LogP contribution < -0.4 is 11.2 Å². The molecule has 2 aromatic carbocycles. The number of carbonyl (C=O) groups is 1. The molecule has 4 rings (SSSR count). The summed E-state index contributed by atoms with van der Waals surface area (Å²) in [6, 6.07) is 13.1. The lowest BCUT2D eigenvalue weighted by Gasteiger charge is -2.10. The van der Waals surface area contributed by atoms with Crippen molar-refractivity contribution in [1.29, 1.82) is 0 Å². The van der Waals surface area contributed by atoms with E-state index in [1.807, 2.05) is 13.8 Å². The van der Waals surface area contributed by atoms with Crippen molar-refractivity contribution < 1.29 is 9.53 Å². The number of rotatable bonds is 5. The van der Waals surface area contributed by atoms with Crippen molar-refractivity contribution in [3.05, 3.63) is 87.1 Å². The van der Waals surface area contributed by atoms with E-state index in [0.717, 1.165) is 4.57 Å². The highest BCUT2D eigenvalue weighted by atomic mass is 16.5. The van der Waals surface area contributed by atoms with Gasteiger partial charge in [-0.15, -0.1) is 0 Å². The van der Waals surface area contributed by atoms with Crippen LogP contribution in [0.3, 0.4) is 0 Å². The first-order valence-corrected chi connectivity index (χ1v) is 9.35. The van der Waals surface area contributed by atoms with Crippen LogP contribution in [0.4, 0.5) is 0 Å². The van der Waals surface area contributed by atoms with E-state index in [2.05, 4.69) is 15.1 Å². The van der Waals surface area contributed by atoms with Crippen LogP contribution in [0.5, 0.6) is 0 Å². The molecule has 4 aromatic rings. The van der Waals surface area contributed by atoms with Gasteiger partial charge in [-0.1, -0.05) is 18.2 Å². The molecule has 0 bridgehead atoms. The van der Waals surface area contributed by atoms with Crippen LogP contribution in [-0.4, -0.2) is 30.3 Å². The Morgan fingerprint density at radius 3 is 2.63 bits per heavy atom. The van der Waals surface area contributed by atoms with E-state index in [9.17, 15) is 14.4 Å². The molecule has 0 aliphatic carbocycles.